The highest BCUT2D eigenvalue weighted by atomic mass is 14.6. The Morgan fingerprint density at radius 2 is 2.10 bits per heavy atom. The molecule has 0 radical (unpaired) electrons. The van der Waals surface area contributed by atoms with E-state index < -0.39 is 0 Å². The molecule has 0 aliphatic heterocycles. The summed E-state index contributed by atoms with van der Waals surface area (Å²) in [5.41, 5.74) is 1.94. The van der Waals surface area contributed by atoms with Gasteiger partial charge < -0.3 is 0 Å². The number of hydrogen-bond acceptors (Lipinski definition) is 0. The highest BCUT2D eigenvalue weighted by Crippen LogP contribution is 2.62. The lowest BCUT2D eigenvalue weighted by atomic mass is 9.88. The predicted octanol–water partition coefficient (Wildman–Crippen LogP) is 3.24. The van der Waals surface area contributed by atoms with Crippen LogP contribution in [0.1, 0.15) is 34.1 Å². The summed E-state index contributed by atoms with van der Waals surface area (Å²) >= 11 is 0. The van der Waals surface area contributed by atoms with Crippen molar-refractivity contribution < 1.29 is 0 Å². The maximum Gasteiger partial charge on any atom is -0.00277 e. The smallest absolute Gasteiger partial charge is 0.00277 e. The molecule has 0 saturated heterocycles. The van der Waals surface area contributed by atoms with E-state index in [1.807, 2.05) is 0 Å². The normalized spacial score (nSPS) is 41.6. The molecular formula is C10H18. The molecule has 0 aromatic heterocycles. The standard InChI is InChI=1S/C10H18/c1-6-7(2)10(5)8(3)9(10)4/h7,9H,3,6H2,1-2,4-5H3. The summed E-state index contributed by atoms with van der Waals surface area (Å²) in [5, 5.41) is 0. The van der Waals surface area contributed by atoms with Crippen LogP contribution in [0, 0.1) is 17.3 Å². The zero-order chi connectivity index (χ0) is 7.94. The maximum atomic E-state index is 4.07. The molecule has 0 bridgehead atoms. The van der Waals surface area contributed by atoms with Crippen molar-refractivity contribution in [2.24, 2.45) is 17.3 Å². The second kappa shape index (κ2) is 2.11. The third-order valence-corrected chi connectivity index (χ3v) is 3.67. The lowest BCUT2D eigenvalue weighted by Crippen LogP contribution is -2.09. The summed E-state index contributed by atoms with van der Waals surface area (Å²) in [4.78, 5) is 0. The van der Waals surface area contributed by atoms with Gasteiger partial charge >= 0.3 is 0 Å². The van der Waals surface area contributed by atoms with Crippen LogP contribution < -0.4 is 0 Å². The van der Waals surface area contributed by atoms with Gasteiger partial charge in [-0.15, -0.1) is 0 Å². The molecule has 58 valence electrons. The predicted molar refractivity (Wildman–Crippen MR) is 45.9 cm³/mol. The largest absolute Gasteiger partial charge is 0.0990 e. The number of hydrogen-bond donors (Lipinski definition) is 0. The van der Waals surface area contributed by atoms with Crippen molar-refractivity contribution in [2.75, 3.05) is 0 Å². The first-order valence-electron chi connectivity index (χ1n) is 4.24. The molecule has 0 heteroatoms. The maximum absolute atomic E-state index is 4.07. The Labute approximate surface area is 64.3 Å². The molecule has 0 amide bonds. The lowest BCUT2D eigenvalue weighted by Gasteiger charge is -2.16. The van der Waals surface area contributed by atoms with E-state index in [1.165, 1.54) is 12.0 Å². The van der Waals surface area contributed by atoms with Gasteiger partial charge in [0.15, 0.2) is 0 Å². The molecule has 3 unspecified atom stereocenters. The minimum atomic E-state index is 0.481. The molecule has 1 fully saturated rings. The Morgan fingerprint density at radius 3 is 2.20 bits per heavy atom. The van der Waals surface area contributed by atoms with E-state index in [0.29, 0.717) is 5.41 Å². The first kappa shape index (κ1) is 7.84. The molecule has 10 heavy (non-hydrogen) atoms. The Morgan fingerprint density at radius 1 is 1.70 bits per heavy atom. The fourth-order valence-corrected chi connectivity index (χ4v) is 1.91. The van der Waals surface area contributed by atoms with Crippen LogP contribution in [-0.4, -0.2) is 0 Å². The van der Waals surface area contributed by atoms with Crippen LogP contribution in [-0.2, 0) is 0 Å². The van der Waals surface area contributed by atoms with Gasteiger partial charge in [-0.1, -0.05) is 46.3 Å². The van der Waals surface area contributed by atoms with Gasteiger partial charge in [0.25, 0.3) is 0 Å². The van der Waals surface area contributed by atoms with Crippen molar-refractivity contribution in [1.82, 2.24) is 0 Å². The fourth-order valence-electron chi connectivity index (χ4n) is 1.91. The van der Waals surface area contributed by atoms with Crippen LogP contribution in [0.2, 0.25) is 0 Å². The third kappa shape index (κ3) is 0.744. The van der Waals surface area contributed by atoms with Crippen molar-refractivity contribution in [3.63, 3.8) is 0 Å². The van der Waals surface area contributed by atoms with E-state index in [4.69, 9.17) is 0 Å². The quantitative estimate of drug-likeness (QED) is 0.514. The van der Waals surface area contributed by atoms with E-state index in [2.05, 4.69) is 34.3 Å². The Bertz CT molecular complexity index is 157. The van der Waals surface area contributed by atoms with Crippen LogP contribution >= 0.6 is 0 Å². The zero-order valence-electron chi connectivity index (χ0n) is 7.57. The van der Waals surface area contributed by atoms with Crippen LogP contribution in [0.4, 0.5) is 0 Å². The van der Waals surface area contributed by atoms with Crippen LogP contribution in [0.5, 0.6) is 0 Å². The van der Waals surface area contributed by atoms with E-state index in [1.54, 1.807) is 0 Å². The molecule has 0 N–H and O–H groups in total. The Hall–Kier alpha value is -0.260. The molecule has 1 saturated carbocycles. The molecule has 1 rings (SSSR count). The van der Waals surface area contributed by atoms with Gasteiger partial charge in [0.1, 0.15) is 0 Å². The first-order chi connectivity index (χ1) is 4.55. The lowest BCUT2D eigenvalue weighted by molar-refractivity contribution is 0.340. The third-order valence-electron chi connectivity index (χ3n) is 3.67. The molecule has 0 nitrogen and oxygen atoms in total. The van der Waals surface area contributed by atoms with E-state index in [0.717, 1.165) is 11.8 Å². The van der Waals surface area contributed by atoms with Crippen molar-refractivity contribution in [3.8, 4) is 0 Å². The first-order valence-corrected chi connectivity index (χ1v) is 4.24. The van der Waals surface area contributed by atoms with E-state index in [-0.39, 0.29) is 0 Å². The van der Waals surface area contributed by atoms with Gasteiger partial charge in [-0.25, -0.2) is 0 Å². The molecule has 1 aliphatic rings. The molecule has 0 heterocycles. The SMILES string of the molecule is C=C1C(C)C1(C)C(C)CC. The summed E-state index contributed by atoms with van der Waals surface area (Å²) in [6.45, 7) is 13.3. The van der Waals surface area contributed by atoms with Crippen molar-refractivity contribution in [2.45, 2.75) is 34.1 Å². The number of rotatable bonds is 2. The summed E-state index contributed by atoms with van der Waals surface area (Å²) in [6.07, 6.45) is 1.28. The molecule has 0 aromatic carbocycles. The van der Waals surface area contributed by atoms with E-state index >= 15 is 0 Å². The van der Waals surface area contributed by atoms with Crippen molar-refractivity contribution in [3.05, 3.63) is 12.2 Å². The topological polar surface area (TPSA) is 0 Å². The molecule has 0 aromatic rings. The highest BCUT2D eigenvalue weighted by molar-refractivity contribution is 5.33. The van der Waals surface area contributed by atoms with Crippen molar-refractivity contribution >= 4 is 0 Å². The summed E-state index contributed by atoms with van der Waals surface area (Å²) < 4.78 is 0. The van der Waals surface area contributed by atoms with E-state index in [9.17, 15) is 0 Å². The summed E-state index contributed by atoms with van der Waals surface area (Å²) in [7, 11) is 0. The average Bonchev–Trinajstić information content (AvgIpc) is 2.41. The van der Waals surface area contributed by atoms with Gasteiger partial charge in [-0.3, -0.25) is 0 Å². The van der Waals surface area contributed by atoms with Gasteiger partial charge in [0.05, 0.1) is 0 Å². The number of allylic oxidation sites excluding steroid dienone is 1. The Kier molecular flexibility index (Phi) is 1.66. The summed E-state index contributed by atoms with van der Waals surface area (Å²) in [5.74, 6) is 1.58. The molecule has 1 aliphatic carbocycles. The van der Waals surface area contributed by atoms with Crippen LogP contribution in [0.25, 0.3) is 0 Å². The monoisotopic (exact) mass is 138 g/mol. The minimum absolute atomic E-state index is 0.481. The van der Waals surface area contributed by atoms with Gasteiger partial charge in [-0.2, -0.15) is 0 Å². The van der Waals surface area contributed by atoms with Gasteiger partial charge in [0.2, 0.25) is 0 Å². The summed E-state index contributed by atoms with van der Waals surface area (Å²) in [6, 6.07) is 0. The minimum Gasteiger partial charge on any atom is -0.0990 e. The Balaban J connectivity index is 2.65. The van der Waals surface area contributed by atoms with Crippen LogP contribution in [0.3, 0.4) is 0 Å². The average molecular weight is 138 g/mol. The zero-order valence-corrected chi connectivity index (χ0v) is 7.57. The molecule has 3 atom stereocenters. The van der Waals surface area contributed by atoms with Gasteiger partial charge in [-0.05, 0) is 17.3 Å². The second-order valence-electron chi connectivity index (χ2n) is 3.84. The van der Waals surface area contributed by atoms with Crippen LogP contribution in [0.15, 0.2) is 12.2 Å². The van der Waals surface area contributed by atoms with Crippen molar-refractivity contribution in [1.29, 1.82) is 0 Å². The highest BCUT2D eigenvalue weighted by Gasteiger charge is 2.53. The van der Waals surface area contributed by atoms with Gasteiger partial charge in [0, 0.05) is 0 Å². The molecular weight excluding hydrogens is 120 g/mol. The second-order valence-corrected chi connectivity index (χ2v) is 3.84. The molecule has 0 spiro atoms. The fraction of sp³-hybridized carbons (Fsp3) is 0.800.